The summed E-state index contributed by atoms with van der Waals surface area (Å²) >= 11 is 0. The van der Waals surface area contributed by atoms with E-state index in [4.69, 9.17) is 0 Å². The van der Waals surface area contributed by atoms with Crippen molar-refractivity contribution in [3.05, 3.63) is 0 Å². The summed E-state index contributed by atoms with van der Waals surface area (Å²) in [4.78, 5) is 2.48. The minimum atomic E-state index is 0.624. The molecule has 1 heteroatoms. The molecule has 0 heterocycles. The van der Waals surface area contributed by atoms with Crippen LogP contribution in [0.2, 0.25) is 0 Å². The zero-order valence-electron chi connectivity index (χ0n) is 9.06. The monoisotopic (exact) mass is 169 g/mol. The average Bonchev–Trinajstić information content (AvgIpc) is 2.35. The SMILES string of the molecule is CC(C)N(C)CC1(C)CCCC1. The third-order valence-electron chi connectivity index (χ3n) is 3.32. The Hall–Kier alpha value is -0.0400. The molecular formula is C11H23N. The van der Waals surface area contributed by atoms with Crippen LogP contribution >= 0.6 is 0 Å². The minimum Gasteiger partial charge on any atom is -0.303 e. The first kappa shape index (κ1) is 10.0. The Kier molecular flexibility index (Phi) is 3.16. The molecule has 72 valence electrons. The van der Waals surface area contributed by atoms with Crippen molar-refractivity contribution < 1.29 is 0 Å². The lowest BCUT2D eigenvalue weighted by Gasteiger charge is -2.32. The van der Waals surface area contributed by atoms with E-state index in [1.165, 1.54) is 32.2 Å². The largest absolute Gasteiger partial charge is 0.303 e. The highest BCUT2D eigenvalue weighted by atomic mass is 15.1. The summed E-state index contributed by atoms with van der Waals surface area (Å²) in [6.45, 7) is 8.28. The fourth-order valence-electron chi connectivity index (χ4n) is 2.17. The Morgan fingerprint density at radius 2 is 1.75 bits per heavy atom. The highest BCUT2D eigenvalue weighted by molar-refractivity contribution is 4.83. The van der Waals surface area contributed by atoms with Gasteiger partial charge in [0.2, 0.25) is 0 Å². The number of rotatable bonds is 3. The van der Waals surface area contributed by atoms with Gasteiger partial charge in [-0.2, -0.15) is 0 Å². The second-order valence-electron chi connectivity index (χ2n) is 5.03. The molecule has 1 saturated carbocycles. The topological polar surface area (TPSA) is 3.24 Å². The predicted octanol–water partition coefficient (Wildman–Crippen LogP) is 2.91. The lowest BCUT2D eigenvalue weighted by atomic mass is 9.88. The van der Waals surface area contributed by atoms with Crippen molar-refractivity contribution in [3.63, 3.8) is 0 Å². The zero-order valence-corrected chi connectivity index (χ0v) is 9.06. The molecule has 1 rings (SSSR count). The average molecular weight is 169 g/mol. The number of nitrogens with zero attached hydrogens (tertiary/aromatic N) is 1. The van der Waals surface area contributed by atoms with E-state index in [9.17, 15) is 0 Å². The molecule has 0 aromatic carbocycles. The summed E-state index contributed by atoms with van der Waals surface area (Å²) in [6, 6.07) is 0.697. The first-order valence-electron chi connectivity index (χ1n) is 5.24. The molecule has 0 N–H and O–H groups in total. The third kappa shape index (κ3) is 2.48. The summed E-state index contributed by atoms with van der Waals surface area (Å²) in [5, 5.41) is 0. The van der Waals surface area contributed by atoms with E-state index in [-0.39, 0.29) is 0 Å². The second-order valence-corrected chi connectivity index (χ2v) is 5.03. The van der Waals surface area contributed by atoms with Gasteiger partial charge in [0.25, 0.3) is 0 Å². The van der Waals surface area contributed by atoms with E-state index < -0.39 is 0 Å². The molecule has 0 aromatic heterocycles. The van der Waals surface area contributed by atoms with Crippen LogP contribution in [-0.2, 0) is 0 Å². The van der Waals surface area contributed by atoms with Crippen LogP contribution in [0.15, 0.2) is 0 Å². The lowest BCUT2D eigenvalue weighted by molar-refractivity contribution is 0.166. The molecule has 0 unspecified atom stereocenters. The summed E-state index contributed by atoms with van der Waals surface area (Å²) in [6.07, 6.45) is 5.76. The third-order valence-corrected chi connectivity index (χ3v) is 3.32. The van der Waals surface area contributed by atoms with Crippen LogP contribution in [0.3, 0.4) is 0 Å². The van der Waals surface area contributed by atoms with Crippen molar-refractivity contribution in [2.24, 2.45) is 5.41 Å². The molecule has 12 heavy (non-hydrogen) atoms. The van der Waals surface area contributed by atoms with Crippen molar-refractivity contribution in [1.82, 2.24) is 4.90 Å². The number of hydrogen-bond donors (Lipinski definition) is 0. The van der Waals surface area contributed by atoms with Gasteiger partial charge in [0.05, 0.1) is 0 Å². The molecule has 1 fully saturated rings. The maximum atomic E-state index is 2.48. The van der Waals surface area contributed by atoms with Gasteiger partial charge in [0.1, 0.15) is 0 Å². The Bertz CT molecular complexity index is 134. The maximum absolute atomic E-state index is 2.48. The van der Waals surface area contributed by atoms with Crippen LogP contribution < -0.4 is 0 Å². The highest BCUT2D eigenvalue weighted by Crippen LogP contribution is 2.38. The lowest BCUT2D eigenvalue weighted by Crippen LogP contribution is -2.35. The quantitative estimate of drug-likeness (QED) is 0.628. The minimum absolute atomic E-state index is 0.624. The first-order valence-corrected chi connectivity index (χ1v) is 5.24. The van der Waals surface area contributed by atoms with Crippen molar-refractivity contribution >= 4 is 0 Å². The van der Waals surface area contributed by atoms with Crippen molar-refractivity contribution in [1.29, 1.82) is 0 Å². The van der Waals surface area contributed by atoms with E-state index in [1.807, 2.05) is 0 Å². The standard InChI is InChI=1S/C11H23N/c1-10(2)12(4)9-11(3)7-5-6-8-11/h10H,5-9H2,1-4H3. The fourth-order valence-corrected chi connectivity index (χ4v) is 2.17. The summed E-state index contributed by atoms with van der Waals surface area (Å²) < 4.78 is 0. The highest BCUT2D eigenvalue weighted by Gasteiger charge is 2.29. The Labute approximate surface area is 77.1 Å². The van der Waals surface area contributed by atoms with Gasteiger partial charge in [-0.25, -0.2) is 0 Å². The molecule has 1 aliphatic rings. The molecule has 0 atom stereocenters. The molecule has 1 nitrogen and oxygen atoms in total. The van der Waals surface area contributed by atoms with E-state index >= 15 is 0 Å². The molecule has 0 spiro atoms. The molecule has 1 aliphatic carbocycles. The van der Waals surface area contributed by atoms with Crippen LogP contribution in [0.25, 0.3) is 0 Å². The summed E-state index contributed by atoms with van der Waals surface area (Å²) in [7, 11) is 2.24. The van der Waals surface area contributed by atoms with Gasteiger partial charge in [0.15, 0.2) is 0 Å². The van der Waals surface area contributed by atoms with E-state index in [1.54, 1.807) is 0 Å². The Morgan fingerprint density at radius 3 is 2.17 bits per heavy atom. The van der Waals surface area contributed by atoms with Gasteiger partial charge < -0.3 is 4.90 Å². The molecule has 0 aromatic rings. The smallest absolute Gasteiger partial charge is 0.00357 e. The van der Waals surface area contributed by atoms with Crippen molar-refractivity contribution in [2.45, 2.75) is 52.5 Å². The zero-order chi connectivity index (χ0) is 9.19. The first-order chi connectivity index (χ1) is 5.53. The molecule has 0 aliphatic heterocycles. The number of hydrogen-bond acceptors (Lipinski definition) is 1. The summed E-state index contributed by atoms with van der Waals surface area (Å²) in [5.74, 6) is 0. The summed E-state index contributed by atoms with van der Waals surface area (Å²) in [5.41, 5.74) is 0.624. The Morgan fingerprint density at radius 1 is 1.25 bits per heavy atom. The van der Waals surface area contributed by atoms with Crippen molar-refractivity contribution in [2.75, 3.05) is 13.6 Å². The van der Waals surface area contributed by atoms with E-state index in [0.29, 0.717) is 11.5 Å². The van der Waals surface area contributed by atoms with Gasteiger partial charge >= 0.3 is 0 Å². The molecule has 0 saturated heterocycles. The van der Waals surface area contributed by atoms with Crippen LogP contribution in [-0.4, -0.2) is 24.5 Å². The van der Waals surface area contributed by atoms with Gasteiger partial charge in [-0.1, -0.05) is 19.8 Å². The van der Waals surface area contributed by atoms with Crippen LogP contribution in [0, 0.1) is 5.41 Å². The predicted molar refractivity (Wildman–Crippen MR) is 54.3 cm³/mol. The molecule has 0 bridgehead atoms. The van der Waals surface area contributed by atoms with E-state index in [0.717, 1.165) is 0 Å². The normalized spacial score (nSPS) is 22.5. The van der Waals surface area contributed by atoms with Gasteiger partial charge in [0, 0.05) is 12.6 Å². The fraction of sp³-hybridized carbons (Fsp3) is 1.00. The molecule has 0 radical (unpaired) electrons. The second kappa shape index (κ2) is 3.78. The van der Waals surface area contributed by atoms with Crippen molar-refractivity contribution in [3.8, 4) is 0 Å². The molecular weight excluding hydrogens is 146 g/mol. The van der Waals surface area contributed by atoms with E-state index in [2.05, 4.69) is 32.7 Å². The van der Waals surface area contributed by atoms with Crippen LogP contribution in [0.4, 0.5) is 0 Å². The van der Waals surface area contributed by atoms with Crippen LogP contribution in [0.5, 0.6) is 0 Å². The van der Waals surface area contributed by atoms with Gasteiger partial charge in [-0.15, -0.1) is 0 Å². The molecule has 0 amide bonds. The van der Waals surface area contributed by atoms with Crippen LogP contribution in [0.1, 0.15) is 46.5 Å². The van der Waals surface area contributed by atoms with Gasteiger partial charge in [-0.3, -0.25) is 0 Å². The van der Waals surface area contributed by atoms with Gasteiger partial charge in [-0.05, 0) is 39.2 Å². The maximum Gasteiger partial charge on any atom is 0.00357 e. The Balaban J connectivity index is 2.38.